The summed E-state index contributed by atoms with van der Waals surface area (Å²) < 4.78 is 28.0. The first-order valence-corrected chi connectivity index (χ1v) is 14.4. The molecule has 4 aromatic carbocycles. The van der Waals surface area contributed by atoms with Gasteiger partial charge in [-0.3, -0.25) is 14.6 Å². The summed E-state index contributed by atoms with van der Waals surface area (Å²) in [7, 11) is -2.18. The van der Waals surface area contributed by atoms with E-state index in [2.05, 4.69) is 24.3 Å². The largest absolute Gasteiger partial charge is 0.497 e. The van der Waals surface area contributed by atoms with Crippen LogP contribution in [0.4, 0.5) is 0 Å². The highest BCUT2D eigenvalue weighted by Gasteiger charge is 2.44. The van der Waals surface area contributed by atoms with Gasteiger partial charge in [-0.25, -0.2) is 10.2 Å². The Balaban J connectivity index is 1.42. The molecule has 7 nitrogen and oxygen atoms in total. The number of benzene rings is 4. The summed E-state index contributed by atoms with van der Waals surface area (Å²) in [5, 5.41) is 9.97. The van der Waals surface area contributed by atoms with Gasteiger partial charge in [0, 0.05) is 6.54 Å². The maximum absolute atomic E-state index is 14.8. The Morgan fingerprint density at radius 3 is 2.21 bits per heavy atom. The van der Waals surface area contributed by atoms with Gasteiger partial charge in [0.2, 0.25) is 0 Å². The van der Waals surface area contributed by atoms with Crippen LogP contribution in [0, 0.1) is 0 Å². The average Bonchev–Trinajstić information content (AvgIpc) is 3.00. The molecule has 0 saturated heterocycles. The van der Waals surface area contributed by atoms with Crippen molar-refractivity contribution in [2.45, 2.75) is 25.4 Å². The zero-order valence-corrected chi connectivity index (χ0v) is 22.6. The Labute approximate surface area is 228 Å². The van der Waals surface area contributed by atoms with E-state index < -0.39 is 19.5 Å². The SMILES string of the molecule is COc1ccc([P@@](=O)(OCCc2ccc(-c3ccccc3)cc2)N2Cc3ccccc3C[C@@H]2C(=O)NO)cc1. The number of hydrogen-bond acceptors (Lipinski definition) is 5. The van der Waals surface area contributed by atoms with Crippen LogP contribution in [-0.2, 0) is 33.3 Å². The van der Waals surface area contributed by atoms with Gasteiger partial charge in [0.05, 0.1) is 19.0 Å². The minimum atomic E-state index is -3.74. The van der Waals surface area contributed by atoms with Crippen molar-refractivity contribution in [1.82, 2.24) is 10.2 Å². The van der Waals surface area contributed by atoms with Crippen LogP contribution >= 0.6 is 7.52 Å². The molecule has 2 atom stereocenters. The van der Waals surface area contributed by atoms with Gasteiger partial charge in [-0.1, -0.05) is 78.9 Å². The number of rotatable bonds is 9. The van der Waals surface area contributed by atoms with Gasteiger partial charge in [0.1, 0.15) is 11.8 Å². The third-order valence-electron chi connectivity index (χ3n) is 7.09. The molecule has 0 aliphatic carbocycles. The van der Waals surface area contributed by atoms with Crippen molar-refractivity contribution in [2.75, 3.05) is 13.7 Å². The number of hydroxylamine groups is 1. The number of nitrogens with one attached hydrogen (secondary N) is 1. The van der Waals surface area contributed by atoms with Gasteiger partial charge >= 0.3 is 7.52 Å². The van der Waals surface area contributed by atoms with E-state index in [1.165, 1.54) is 0 Å². The fourth-order valence-corrected chi connectivity index (χ4v) is 7.29. The lowest BCUT2D eigenvalue weighted by Crippen LogP contribution is -2.49. The molecule has 0 unspecified atom stereocenters. The molecule has 1 aliphatic heterocycles. The number of ether oxygens (including phenoxy) is 1. The molecule has 0 radical (unpaired) electrons. The molecule has 0 aromatic heterocycles. The predicted octanol–water partition coefficient (Wildman–Crippen LogP) is 5.37. The topological polar surface area (TPSA) is 88.1 Å². The van der Waals surface area contributed by atoms with E-state index in [0.29, 0.717) is 23.9 Å². The number of carbonyl (C=O) groups is 1. The highest BCUT2D eigenvalue weighted by atomic mass is 31.2. The van der Waals surface area contributed by atoms with Crippen molar-refractivity contribution in [3.05, 3.63) is 120 Å². The van der Waals surface area contributed by atoms with Gasteiger partial charge in [0.15, 0.2) is 0 Å². The normalized spacial score (nSPS) is 16.6. The minimum absolute atomic E-state index is 0.180. The molecule has 39 heavy (non-hydrogen) atoms. The molecular formula is C31H31N2O5P. The second-order valence-corrected chi connectivity index (χ2v) is 11.8. The van der Waals surface area contributed by atoms with Crippen LogP contribution < -0.4 is 15.5 Å². The van der Waals surface area contributed by atoms with Gasteiger partial charge in [0.25, 0.3) is 5.91 Å². The minimum Gasteiger partial charge on any atom is -0.497 e. The summed E-state index contributed by atoms with van der Waals surface area (Å²) in [5.74, 6) is -0.00390. The highest BCUT2D eigenvalue weighted by molar-refractivity contribution is 7.64. The number of hydrogen-bond donors (Lipinski definition) is 2. The maximum Gasteiger partial charge on any atom is 0.303 e. The third-order valence-corrected chi connectivity index (χ3v) is 9.67. The first-order chi connectivity index (χ1) is 19.0. The molecule has 5 rings (SSSR count). The maximum atomic E-state index is 14.8. The summed E-state index contributed by atoms with van der Waals surface area (Å²) >= 11 is 0. The van der Waals surface area contributed by atoms with Crippen molar-refractivity contribution in [3.63, 3.8) is 0 Å². The molecular weight excluding hydrogens is 511 g/mol. The summed E-state index contributed by atoms with van der Waals surface area (Å²) in [6.07, 6.45) is 0.837. The zero-order chi connectivity index (χ0) is 27.2. The first kappa shape index (κ1) is 26.9. The van der Waals surface area contributed by atoms with Crippen molar-refractivity contribution in [2.24, 2.45) is 0 Å². The Morgan fingerprint density at radius 1 is 0.897 bits per heavy atom. The third kappa shape index (κ3) is 5.82. The van der Waals surface area contributed by atoms with Gasteiger partial charge in [-0.05, 0) is 64.9 Å². The van der Waals surface area contributed by atoms with Crippen LogP contribution in [0.1, 0.15) is 16.7 Å². The monoisotopic (exact) mass is 542 g/mol. The average molecular weight is 543 g/mol. The number of amides is 1. The Hall–Kier alpha value is -3.74. The molecule has 0 bridgehead atoms. The predicted molar refractivity (Wildman–Crippen MR) is 151 cm³/mol. The van der Waals surface area contributed by atoms with Crippen LogP contribution in [0.15, 0.2) is 103 Å². The number of carbonyl (C=O) groups excluding carboxylic acids is 1. The molecule has 0 fully saturated rings. The summed E-state index contributed by atoms with van der Waals surface area (Å²) in [5.41, 5.74) is 7.01. The summed E-state index contributed by atoms with van der Waals surface area (Å²) in [6, 6.07) is 32.1. The smallest absolute Gasteiger partial charge is 0.303 e. The molecule has 1 heterocycles. The van der Waals surface area contributed by atoms with E-state index in [1.807, 2.05) is 54.6 Å². The fraction of sp³-hybridized carbons (Fsp3) is 0.194. The van der Waals surface area contributed by atoms with E-state index in [1.54, 1.807) is 41.5 Å². The fourth-order valence-electron chi connectivity index (χ4n) is 4.94. The Morgan fingerprint density at radius 2 is 1.54 bits per heavy atom. The zero-order valence-electron chi connectivity index (χ0n) is 21.7. The first-order valence-electron chi connectivity index (χ1n) is 12.8. The van der Waals surface area contributed by atoms with Crippen LogP contribution in [0.3, 0.4) is 0 Å². The van der Waals surface area contributed by atoms with Crippen molar-refractivity contribution < 1.29 is 23.8 Å². The number of methoxy groups -OCH3 is 1. The standard InChI is InChI=1S/C31H31N2O5P/c1-37-28-15-17-29(18-16-28)39(36,33-22-27-10-6-5-9-26(27)21-30(33)31(34)32-35)38-20-19-23-11-13-25(14-12-23)24-7-3-2-4-8-24/h2-18,30,35H,19-22H2,1H3,(H,32,34)/t30-,39-/m1/s1. The Bertz CT molecular complexity index is 1460. The highest BCUT2D eigenvalue weighted by Crippen LogP contribution is 2.54. The lowest BCUT2D eigenvalue weighted by atomic mass is 9.95. The van der Waals surface area contributed by atoms with E-state index in [4.69, 9.17) is 9.26 Å². The molecule has 1 amide bonds. The van der Waals surface area contributed by atoms with E-state index in [-0.39, 0.29) is 13.2 Å². The molecule has 0 spiro atoms. The number of fused-ring (bicyclic) bond motifs is 1. The molecule has 4 aromatic rings. The number of nitrogens with zero attached hydrogens (tertiary/aromatic N) is 1. The van der Waals surface area contributed by atoms with Gasteiger partial charge in [-0.15, -0.1) is 0 Å². The molecule has 1 aliphatic rings. The quantitative estimate of drug-likeness (QED) is 0.168. The second kappa shape index (κ2) is 12.0. The van der Waals surface area contributed by atoms with Gasteiger partial charge in [-0.2, -0.15) is 0 Å². The molecule has 2 N–H and O–H groups in total. The lowest BCUT2D eigenvalue weighted by molar-refractivity contribution is -0.133. The molecule has 0 saturated carbocycles. The summed E-state index contributed by atoms with van der Waals surface area (Å²) in [4.78, 5) is 12.8. The van der Waals surface area contributed by atoms with E-state index in [0.717, 1.165) is 27.8 Å². The van der Waals surface area contributed by atoms with Crippen molar-refractivity contribution in [1.29, 1.82) is 0 Å². The lowest BCUT2D eigenvalue weighted by Gasteiger charge is -2.39. The van der Waals surface area contributed by atoms with E-state index in [9.17, 15) is 14.6 Å². The van der Waals surface area contributed by atoms with Crippen LogP contribution in [0.5, 0.6) is 5.75 Å². The molecule has 200 valence electrons. The Kier molecular flexibility index (Phi) is 8.24. The van der Waals surface area contributed by atoms with Crippen LogP contribution in [0.25, 0.3) is 11.1 Å². The van der Waals surface area contributed by atoms with E-state index >= 15 is 0 Å². The second-order valence-electron chi connectivity index (χ2n) is 9.43. The molecule has 8 heteroatoms. The summed E-state index contributed by atoms with van der Waals surface area (Å²) in [6.45, 7) is 0.420. The van der Waals surface area contributed by atoms with Gasteiger partial charge < -0.3 is 9.26 Å². The van der Waals surface area contributed by atoms with Crippen molar-refractivity contribution in [3.8, 4) is 16.9 Å². The van der Waals surface area contributed by atoms with Crippen LogP contribution in [-0.4, -0.2) is 35.5 Å². The van der Waals surface area contributed by atoms with Crippen LogP contribution in [0.2, 0.25) is 0 Å². The van der Waals surface area contributed by atoms with Crippen molar-refractivity contribution >= 4 is 18.7 Å².